The molecule has 1 saturated heterocycles. The van der Waals surface area contributed by atoms with E-state index >= 15 is 0 Å². The number of amides is 1. The van der Waals surface area contributed by atoms with E-state index in [0.717, 1.165) is 5.56 Å². The molecule has 6 nitrogen and oxygen atoms in total. The molecule has 3 rings (SSSR count). The van der Waals surface area contributed by atoms with Crippen LogP contribution in [0, 0.1) is 6.92 Å². The van der Waals surface area contributed by atoms with Crippen LogP contribution in [0.3, 0.4) is 0 Å². The number of benzene rings is 1. The van der Waals surface area contributed by atoms with Gasteiger partial charge < -0.3 is 10.0 Å². The summed E-state index contributed by atoms with van der Waals surface area (Å²) in [4.78, 5) is 30.7. The Bertz CT molecular complexity index is 890. The van der Waals surface area contributed by atoms with E-state index in [1.165, 1.54) is 10.9 Å². The molecular weight excluding hydrogens is 378 g/mol. The molecule has 1 aliphatic rings. The van der Waals surface area contributed by atoms with E-state index in [2.05, 4.69) is 11.9 Å². The first-order valence-electron chi connectivity index (χ1n) is 9.56. The molecule has 2 heterocycles. The van der Waals surface area contributed by atoms with Gasteiger partial charge >= 0.3 is 0 Å². The summed E-state index contributed by atoms with van der Waals surface area (Å²) >= 11 is 5.87. The van der Waals surface area contributed by atoms with E-state index < -0.39 is 5.60 Å². The molecule has 150 valence electrons. The quantitative estimate of drug-likeness (QED) is 0.779. The summed E-state index contributed by atoms with van der Waals surface area (Å²) in [6, 6.07) is 9.99. The Balaban J connectivity index is 1.58. The van der Waals surface area contributed by atoms with Gasteiger partial charge in [-0.3, -0.25) is 14.2 Å². The Kier molecular flexibility index (Phi) is 6.20. The molecule has 0 saturated carbocycles. The lowest BCUT2D eigenvalue weighted by Gasteiger charge is -2.38. The van der Waals surface area contributed by atoms with Gasteiger partial charge in [-0.2, -0.15) is 0 Å². The number of rotatable bonds is 5. The van der Waals surface area contributed by atoms with Crippen LogP contribution in [0.2, 0.25) is 5.15 Å². The number of likely N-dealkylation sites (tertiary alicyclic amines) is 1. The van der Waals surface area contributed by atoms with E-state index in [4.69, 9.17) is 11.6 Å². The Morgan fingerprint density at radius 2 is 1.93 bits per heavy atom. The predicted octanol–water partition coefficient (Wildman–Crippen LogP) is 2.75. The number of aromatic nitrogens is 2. The predicted molar refractivity (Wildman–Crippen MR) is 108 cm³/mol. The van der Waals surface area contributed by atoms with Gasteiger partial charge in [-0.15, -0.1) is 0 Å². The first-order valence-corrected chi connectivity index (χ1v) is 9.93. The molecule has 0 spiro atoms. The number of aliphatic hydroxyl groups is 1. The minimum absolute atomic E-state index is 0.0968. The van der Waals surface area contributed by atoms with Crippen LogP contribution in [0.5, 0.6) is 0 Å². The smallest absolute Gasteiger partial charge is 0.257 e. The first kappa shape index (κ1) is 20.6. The standard InChI is InChI=1S/C21H26ClN3O3/c1-15(17-6-4-3-5-7-17)12-18(26)24-10-8-21(28,9-11-24)13-25-14-23-19(22)16(2)20(25)27/h3-7,14-15,28H,8-13H2,1-2H3. The second kappa shape index (κ2) is 8.45. The Hall–Kier alpha value is -2.18. The Morgan fingerprint density at radius 3 is 2.57 bits per heavy atom. The summed E-state index contributed by atoms with van der Waals surface area (Å²) in [5.41, 5.74) is 0.237. The molecule has 1 fully saturated rings. The zero-order valence-electron chi connectivity index (χ0n) is 16.3. The van der Waals surface area contributed by atoms with Crippen LogP contribution in [0.4, 0.5) is 0 Å². The highest BCUT2D eigenvalue weighted by molar-refractivity contribution is 6.30. The monoisotopic (exact) mass is 403 g/mol. The molecule has 2 aromatic rings. The summed E-state index contributed by atoms with van der Waals surface area (Å²) in [5.74, 6) is 0.246. The highest BCUT2D eigenvalue weighted by atomic mass is 35.5. The van der Waals surface area contributed by atoms with Crippen molar-refractivity contribution in [1.29, 1.82) is 0 Å². The summed E-state index contributed by atoms with van der Waals surface area (Å²) in [5, 5.41) is 11.1. The highest BCUT2D eigenvalue weighted by Gasteiger charge is 2.35. The second-order valence-electron chi connectivity index (χ2n) is 7.71. The Labute approximate surface area is 169 Å². The molecule has 1 unspecified atom stereocenters. The largest absolute Gasteiger partial charge is 0.388 e. The van der Waals surface area contributed by atoms with Gasteiger partial charge in [-0.25, -0.2) is 4.98 Å². The van der Waals surface area contributed by atoms with Gasteiger partial charge in [-0.05, 0) is 31.2 Å². The summed E-state index contributed by atoms with van der Waals surface area (Å²) < 4.78 is 1.40. The van der Waals surface area contributed by atoms with Crippen molar-refractivity contribution in [3.63, 3.8) is 0 Å². The molecule has 1 aliphatic heterocycles. The van der Waals surface area contributed by atoms with Gasteiger partial charge in [0.1, 0.15) is 5.15 Å². The van der Waals surface area contributed by atoms with Crippen LogP contribution in [0.25, 0.3) is 0 Å². The molecule has 1 atom stereocenters. The van der Waals surface area contributed by atoms with Crippen LogP contribution in [-0.2, 0) is 11.3 Å². The molecule has 0 bridgehead atoms. The van der Waals surface area contributed by atoms with E-state index in [1.807, 2.05) is 35.2 Å². The average molecular weight is 404 g/mol. The zero-order chi connectivity index (χ0) is 20.3. The molecule has 0 aliphatic carbocycles. The van der Waals surface area contributed by atoms with Gasteiger partial charge in [0.25, 0.3) is 5.56 Å². The SMILES string of the molecule is Cc1c(Cl)ncn(CC2(O)CCN(C(=O)CC(C)c3ccccc3)CC2)c1=O. The molecule has 1 aromatic heterocycles. The fourth-order valence-electron chi connectivity index (χ4n) is 3.62. The lowest BCUT2D eigenvalue weighted by Crippen LogP contribution is -2.50. The van der Waals surface area contributed by atoms with Gasteiger partial charge in [0.15, 0.2) is 0 Å². The van der Waals surface area contributed by atoms with Crippen molar-refractivity contribution in [1.82, 2.24) is 14.5 Å². The average Bonchev–Trinajstić information content (AvgIpc) is 2.69. The van der Waals surface area contributed by atoms with Gasteiger partial charge in [0.05, 0.1) is 24.0 Å². The minimum Gasteiger partial charge on any atom is -0.388 e. The number of halogens is 1. The molecule has 1 amide bonds. The lowest BCUT2D eigenvalue weighted by atomic mass is 9.90. The summed E-state index contributed by atoms with van der Waals surface area (Å²) in [7, 11) is 0. The number of hydrogen-bond acceptors (Lipinski definition) is 4. The zero-order valence-corrected chi connectivity index (χ0v) is 17.0. The van der Waals surface area contributed by atoms with Crippen molar-refractivity contribution in [3.8, 4) is 0 Å². The molecule has 1 N–H and O–H groups in total. The third kappa shape index (κ3) is 4.62. The van der Waals surface area contributed by atoms with E-state index in [1.54, 1.807) is 6.92 Å². The third-order valence-electron chi connectivity index (χ3n) is 5.56. The number of piperidine rings is 1. The second-order valence-corrected chi connectivity index (χ2v) is 8.07. The van der Waals surface area contributed by atoms with Crippen molar-refractivity contribution >= 4 is 17.5 Å². The van der Waals surface area contributed by atoms with Gasteiger partial charge in [0.2, 0.25) is 5.91 Å². The fourth-order valence-corrected chi connectivity index (χ4v) is 3.75. The maximum Gasteiger partial charge on any atom is 0.257 e. The van der Waals surface area contributed by atoms with E-state index in [9.17, 15) is 14.7 Å². The van der Waals surface area contributed by atoms with E-state index in [-0.39, 0.29) is 29.1 Å². The minimum atomic E-state index is -1.03. The van der Waals surface area contributed by atoms with Crippen LogP contribution in [0.15, 0.2) is 41.5 Å². The van der Waals surface area contributed by atoms with Crippen molar-refractivity contribution in [2.45, 2.75) is 51.2 Å². The lowest BCUT2D eigenvalue weighted by molar-refractivity contribution is -0.136. The first-order chi connectivity index (χ1) is 13.3. The van der Waals surface area contributed by atoms with Gasteiger partial charge in [0, 0.05) is 19.5 Å². The normalized spacial score (nSPS) is 17.4. The van der Waals surface area contributed by atoms with Crippen LogP contribution >= 0.6 is 11.6 Å². The van der Waals surface area contributed by atoms with E-state index in [0.29, 0.717) is 37.9 Å². The summed E-state index contributed by atoms with van der Waals surface area (Å²) in [6.07, 6.45) is 2.66. The maximum absolute atomic E-state index is 12.7. The fraction of sp³-hybridized carbons (Fsp3) is 0.476. The third-order valence-corrected chi connectivity index (χ3v) is 5.94. The van der Waals surface area contributed by atoms with Gasteiger partial charge in [-0.1, -0.05) is 48.9 Å². The van der Waals surface area contributed by atoms with Crippen LogP contribution in [0.1, 0.15) is 43.2 Å². The molecule has 1 aromatic carbocycles. The molecule has 0 radical (unpaired) electrons. The maximum atomic E-state index is 12.7. The Morgan fingerprint density at radius 1 is 1.29 bits per heavy atom. The van der Waals surface area contributed by atoms with Crippen molar-refractivity contribution in [3.05, 3.63) is 63.3 Å². The summed E-state index contributed by atoms with van der Waals surface area (Å²) in [6.45, 7) is 4.78. The number of nitrogens with zero attached hydrogens (tertiary/aromatic N) is 3. The van der Waals surface area contributed by atoms with Crippen molar-refractivity contribution in [2.75, 3.05) is 13.1 Å². The molecule has 28 heavy (non-hydrogen) atoms. The topological polar surface area (TPSA) is 75.4 Å². The highest BCUT2D eigenvalue weighted by Crippen LogP contribution is 2.26. The number of carbonyl (C=O) groups is 1. The molecule has 7 heteroatoms. The van der Waals surface area contributed by atoms with Crippen molar-refractivity contribution < 1.29 is 9.90 Å². The van der Waals surface area contributed by atoms with Crippen molar-refractivity contribution in [2.24, 2.45) is 0 Å². The molecular formula is C21H26ClN3O3. The van der Waals surface area contributed by atoms with Crippen LogP contribution in [-0.4, -0.2) is 44.2 Å². The van der Waals surface area contributed by atoms with Crippen LogP contribution < -0.4 is 5.56 Å². The number of hydrogen-bond donors (Lipinski definition) is 1. The number of carbonyl (C=O) groups excluding carboxylic acids is 1.